The first-order valence-electron chi connectivity index (χ1n) is 6.85. The molecule has 1 aromatic carbocycles. The van der Waals surface area contributed by atoms with Crippen molar-refractivity contribution < 1.29 is 26.4 Å². The number of benzene rings is 1. The van der Waals surface area contributed by atoms with Crippen LogP contribution in [0, 0.1) is 29.1 Å². The maximum atomic E-state index is 13.4. The van der Waals surface area contributed by atoms with E-state index in [4.69, 9.17) is 4.43 Å². The zero-order chi connectivity index (χ0) is 16.2. The molecule has 120 valence electrons. The molecule has 1 rings (SSSR count). The number of hydrogen-bond acceptors (Lipinski definition) is 1. The fourth-order valence-electron chi connectivity index (χ4n) is 2.19. The molecule has 0 aliphatic rings. The molecule has 0 saturated carbocycles. The van der Waals surface area contributed by atoms with Crippen molar-refractivity contribution in [2.45, 2.75) is 45.3 Å². The minimum absolute atomic E-state index is 0.178. The largest absolute Gasteiger partial charge is 0.418 e. The molecule has 0 heterocycles. The molecule has 7 heteroatoms. The van der Waals surface area contributed by atoms with E-state index in [0.29, 0.717) is 19.4 Å². The summed E-state index contributed by atoms with van der Waals surface area (Å²) in [6, 6.07) is 0.774. The van der Waals surface area contributed by atoms with Crippen molar-refractivity contribution in [1.82, 2.24) is 0 Å². The van der Waals surface area contributed by atoms with Crippen LogP contribution in [-0.4, -0.2) is 14.9 Å². The lowest BCUT2D eigenvalue weighted by atomic mass is 10.1. The normalized spacial score (nSPS) is 12.0. The number of rotatable bonds is 7. The minimum Gasteiger partial charge on any atom is -0.418 e. The quantitative estimate of drug-likeness (QED) is 0.227. The molecule has 0 aliphatic heterocycles. The monoisotopic (exact) mass is 326 g/mol. The van der Waals surface area contributed by atoms with Crippen LogP contribution in [0.4, 0.5) is 22.0 Å². The van der Waals surface area contributed by atoms with Gasteiger partial charge in [-0.1, -0.05) is 6.42 Å². The Morgan fingerprint density at radius 1 is 0.810 bits per heavy atom. The molecule has 0 unspecified atom stereocenters. The number of halogens is 5. The Bertz CT molecular complexity index is 476. The zero-order valence-electron chi connectivity index (χ0n) is 12.3. The third-order valence-electron chi connectivity index (χ3n) is 3.29. The molecule has 1 aromatic rings. The van der Waals surface area contributed by atoms with E-state index in [1.165, 1.54) is 0 Å². The molecule has 0 bridgehead atoms. The van der Waals surface area contributed by atoms with Crippen LogP contribution in [0.3, 0.4) is 0 Å². The summed E-state index contributed by atoms with van der Waals surface area (Å²) in [5, 5.41) is 0. The Kier molecular flexibility index (Phi) is 6.34. The highest BCUT2D eigenvalue weighted by molar-refractivity contribution is 6.71. The Labute approximate surface area is 122 Å². The Balaban J connectivity index is 2.69. The second-order valence-corrected chi connectivity index (χ2v) is 9.76. The van der Waals surface area contributed by atoms with Gasteiger partial charge in [-0.25, -0.2) is 22.0 Å². The van der Waals surface area contributed by atoms with E-state index < -0.39 is 43.0 Å². The molecule has 0 radical (unpaired) electrons. The summed E-state index contributed by atoms with van der Waals surface area (Å²) in [5.74, 6) is -9.33. The summed E-state index contributed by atoms with van der Waals surface area (Å²) < 4.78 is 71.4. The number of hydrogen-bond donors (Lipinski definition) is 0. The van der Waals surface area contributed by atoms with Crippen LogP contribution >= 0.6 is 0 Å². The lowest BCUT2D eigenvalue weighted by molar-refractivity contribution is 0.327. The van der Waals surface area contributed by atoms with Gasteiger partial charge in [0.1, 0.15) is 0 Å². The molecule has 0 fully saturated rings. The van der Waals surface area contributed by atoms with Crippen LogP contribution in [0.25, 0.3) is 0 Å². The minimum atomic E-state index is -2.11. The predicted molar refractivity (Wildman–Crippen MR) is 73.1 cm³/mol. The Morgan fingerprint density at radius 3 is 1.76 bits per heavy atom. The number of unbranched alkanes of at least 4 members (excludes halogenated alkanes) is 1. The van der Waals surface area contributed by atoms with Crippen LogP contribution in [0.5, 0.6) is 0 Å². The first-order chi connectivity index (χ1) is 9.71. The van der Waals surface area contributed by atoms with Gasteiger partial charge in [0.05, 0.1) is 0 Å². The van der Waals surface area contributed by atoms with Crippen molar-refractivity contribution in [3.63, 3.8) is 0 Å². The van der Waals surface area contributed by atoms with E-state index in [9.17, 15) is 22.0 Å². The van der Waals surface area contributed by atoms with Crippen molar-refractivity contribution in [2.75, 3.05) is 6.61 Å². The maximum absolute atomic E-state index is 13.4. The summed E-state index contributed by atoms with van der Waals surface area (Å²) in [7, 11) is -1.80. The van der Waals surface area contributed by atoms with Gasteiger partial charge in [0.25, 0.3) is 0 Å². The van der Waals surface area contributed by atoms with Crippen molar-refractivity contribution in [2.24, 2.45) is 0 Å². The average Bonchev–Trinajstić information content (AvgIpc) is 2.42. The van der Waals surface area contributed by atoms with E-state index in [2.05, 4.69) is 0 Å². The second-order valence-electron chi connectivity index (χ2n) is 5.45. The van der Waals surface area contributed by atoms with Gasteiger partial charge in [-0.15, -0.1) is 0 Å². The van der Waals surface area contributed by atoms with Crippen LogP contribution in [0.1, 0.15) is 25.3 Å². The predicted octanol–water partition coefficient (Wildman–Crippen LogP) is 4.95. The van der Waals surface area contributed by atoms with E-state index in [1.807, 2.05) is 20.0 Å². The van der Waals surface area contributed by atoms with Crippen LogP contribution < -0.4 is 0 Å². The first-order valence-corrected chi connectivity index (χ1v) is 9.97. The van der Waals surface area contributed by atoms with Crippen LogP contribution in [-0.2, 0) is 10.8 Å². The standard InChI is InChI=1S/C14H19F5OSi/c1-4-20-21(2,3)8-6-5-7-9-10(15)12(17)14(19)13(18)11(9)16/h4-8H2,1-3H3. The molecule has 21 heavy (non-hydrogen) atoms. The fraction of sp³-hybridized carbons (Fsp3) is 0.571. The van der Waals surface area contributed by atoms with E-state index in [-0.39, 0.29) is 6.42 Å². The van der Waals surface area contributed by atoms with Crippen molar-refractivity contribution in [3.05, 3.63) is 34.6 Å². The van der Waals surface area contributed by atoms with E-state index in [0.717, 1.165) is 6.04 Å². The van der Waals surface area contributed by atoms with E-state index >= 15 is 0 Å². The van der Waals surface area contributed by atoms with Gasteiger partial charge >= 0.3 is 0 Å². The molecule has 0 aliphatic carbocycles. The van der Waals surface area contributed by atoms with Gasteiger partial charge < -0.3 is 4.43 Å². The van der Waals surface area contributed by atoms with Gasteiger partial charge in [0, 0.05) is 12.2 Å². The highest BCUT2D eigenvalue weighted by Gasteiger charge is 2.26. The molecule has 0 aromatic heterocycles. The highest BCUT2D eigenvalue weighted by atomic mass is 28.4. The van der Waals surface area contributed by atoms with Gasteiger partial charge in [0.15, 0.2) is 31.6 Å². The summed E-state index contributed by atoms with van der Waals surface area (Å²) in [6.45, 7) is 6.55. The average molecular weight is 326 g/mol. The van der Waals surface area contributed by atoms with Gasteiger partial charge in [0.2, 0.25) is 5.82 Å². The van der Waals surface area contributed by atoms with Crippen molar-refractivity contribution in [3.8, 4) is 0 Å². The van der Waals surface area contributed by atoms with Gasteiger partial charge in [-0.3, -0.25) is 0 Å². The Hall–Kier alpha value is -0.953. The molecule has 0 amide bonds. The third-order valence-corrected chi connectivity index (χ3v) is 5.92. The van der Waals surface area contributed by atoms with E-state index in [1.54, 1.807) is 0 Å². The fourth-order valence-corrected chi connectivity index (χ4v) is 4.21. The molecule has 1 nitrogen and oxygen atoms in total. The molecular weight excluding hydrogens is 307 g/mol. The van der Waals surface area contributed by atoms with Crippen LogP contribution in [0.15, 0.2) is 0 Å². The molecule has 0 spiro atoms. The third kappa shape index (κ3) is 4.51. The van der Waals surface area contributed by atoms with Gasteiger partial charge in [-0.2, -0.15) is 0 Å². The lowest BCUT2D eigenvalue weighted by Crippen LogP contribution is -2.29. The lowest BCUT2D eigenvalue weighted by Gasteiger charge is -2.21. The SMILES string of the molecule is CCO[Si](C)(C)CCCCc1c(F)c(F)c(F)c(F)c1F. The molecular formula is C14H19F5OSi. The molecule has 0 atom stereocenters. The highest BCUT2D eigenvalue weighted by Crippen LogP contribution is 2.25. The van der Waals surface area contributed by atoms with Crippen molar-refractivity contribution >= 4 is 8.32 Å². The summed E-state index contributed by atoms with van der Waals surface area (Å²) in [5.41, 5.74) is -0.734. The van der Waals surface area contributed by atoms with Crippen molar-refractivity contribution in [1.29, 1.82) is 0 Å². The van der Waals surface area contributed by atoms with Gasteiger partial charge in [-0.05, 0) is 38.9 Å². The summed E-state index contributed by atoms with van der Waals surface area (Å²) in [6.07, 6.45) is 0.795. The summed E-state index contributed by atoms with van der Waals surface area (Å²) >= 11 is 0. The molecule has 0 saturated heterocycles. The smallest absolute Gasteiger partial charge is 0.200 e. The topological polar surface area (TPSA) is 9.23 Å². The van der Waals surface area contributed by atoms with Crippen LogP contribution in [0.2, 0.25) is 19.1 Å². The maximum Gasteiger partial charge on any atom is 0.200 e. The first kappa shape index (κ1) is 18.1. The Morgan fingerprint density at radius 2 is 1.29 bits per heavy atom. The zero-order valence-corrected chi connectivity index (χ0v) is 13.3. The second kappa shape index (κ2) is 7.35. The summed E-state index contributed by atoms with van der Waals surface area (Å²) in [4.78, 5) is 0. The molecule has 0 N–H and O–H groups in total.